The Balaban J connectivity index is 1.58. The Morgan fingerprint density at radius 2 is 1.94 bits per heavy atom. The maximum atomic E-state index is 13.2. The van der Waals surface area contributed by atoms with Gasteiger partial charge in [0.1, 0.15) is 17.1 Å². The number of carbonyl (C=O) groups is 1. The summed E-state index contributed by atoms with van der Waals surface area (Å²) in [6.45, 7) is 3.68. The van der Waals surface area contributed by atoms with Gasteiger partial charge < -0.3 is 10.1 Å². The number of hydrogen-bond acceptors (Lipinski definition) is 6. The highest BCUT2D eigenvalue weighted by atomic mass is 32.2. The second-order valence-electron chi connectivity index (χ2n) is 7.99. The van der Waals surface area contributed by atoms with Gasteiger partial charge in [0, 0.05) is 17.0 Å². The van der Waals surface area contributed by atoms with E-state index in [0.29, 0.717) is 28.0 Å². The van der Waals surface area contributed by atoms with E-state index in [1.54, 1.807) is 26.2 Å². The zero-order chi connectivity index (χ0) is 25.8. The quantitative estimate of drug-likeness (QED) is 0.171. The number of nitrogens with one attached hydrogen (secondary N) is 1. The second kappa shape index (κ2) is 11.1. The molecule has 0 radical (unpaired) electrons. The summed E-state index contributed by atoms with van der Waals surface area (Å²) in [7, 11) is 1.56. The van der Waals surface area contributed by atoms with Crippen molar-refractivity contribution in [2.45, 2.75) is 37.6 Å². The number of para-hydroxylation sites is 1. The number of rotatable bonds is 8. The van der Waals surface area contributed by atoms with E-state index in [0.717, 1.165) is 28.8 Å². The lowest BCUT2D eigenvalue weighted by molar-refractivity contribution is -0.113. The lowest BCUT2D eigenvalue weighted by Gasteiger charge is -2.17. The van der Waals surface area contributed by atoms with Crippen LogP contribution >= 0.6 is 24.0 Å². The zero-order valence-corrected chi connectivity index (χ0v) is 21.6. The lowest BCUT2D eigenvalue weighted by atomic mass is 10.1. The van der Waals surface area contributed by atoms with Gasteiger partial charge in [0.05, 0.1) is 12.8 Å². The number of aromatic nitrogens is 2. The number of benzene rings is 2. The van der Waals surface area contributed by atoms with Crippen LogP contribution in [0.4, 0.5) is 14.5 Å². The zero-order valence-electron chi connectivity index (χ0n) is 19.9. The molecule has 2 heterocycles. The molecule has 1 aliphatic rings. The minimum Gasteiger partial charge on any atom is -0.496 e. The molecule has 0 spiro atoms. The second-order valence-corrected chi connectivity index (χ2v) is 9.32. The molecule has 2 aromatic carbocycles. The number of thioether (sulfide) groups is 1. The summed E-state index contributed by atoms with van der Waals surface area (Å²) in [4.78, 5) is 22.9. The van der Waals surface area contributed by atoms with Crippen molar-refractivity contribution in [2.24, 2.45) is 0 Å². The van der Waals surface area contributed by atoms with Crippen LogP contribution in [0.3, 0.4) is 0 Å². The number of anilines is 1. The predicted molar refractivity (Wildman–Crippen MR) is 141 cm³/mol. The van der Waals surface area contributed by atoms with E-state index in [2.05, 4.69) is 15.3 Å². The van der Waals surface area contributed by atoms with Crippen molar-refractivity contribution in [1.82, 2.24) is 15.3 Å². The van der Waals surface area contributed by atoms with Crippen LogP contribution in [0.2, 0.25) is 0 Å². The molecule has 0 atom stereocenters. The molecule has 1 aromatic heterocycles. The highest BCUT2D eigenvalue weighted by molar-refractivity contribution is 7.98. The minimum absolute atomic E-state index is 0.236. The summed E-state index contributed by atoms with van der Waals surface area (Å²) in [5, 5.41) is 3.61. The smallest absolute Gasteiger partial charge is 0.281 e. The van der Waals surface area contributed by atoms with Crippen molar-refractivity contribution in [3.05, 3.63) is 82.3 Å². The molecule has 36 heavy (non-hydrogen) atoms. The molecule has 0 unspecified atom stereocenters. The summed E-state index contributed by atoms with van der Waals surface area (Å²) in [5.41, 5.74) is 3.89. The van der Waals surface area contributed by atoms with E-state index >= 15 is 0 Å². The number of halogens is 2. The first kappa shape index (κ1) is 25.7. The topological polar surface area (TPSA) is 67.4 Å². The Morgan fingerprint density at radius 3 is 2.67 bits per heavy atom. The van der Waals surface area contributed by atoms with Gasteiger partial charge in [-0.25, -0.2) is 18.7 Å². The fraction of sp³-hybridized carbons (Fsp3) is 0.231. The number of hydrogen-bond donors (Lipinski definition) is 1. The van der Waals surface area contributed by atoms with Crippen LogP contribution in [0.5, 0.6) is 5.75 Å². The van der Waals surface area contributed by atoms with Crippen molar-refractivity contribution in [1.29, 1.82) is 0 Å². The van der Waals surface area contributed by atoms with Crippen molar-refractivity contribution < 1.29 is 18.3 Å². The Bertz CT molecular complexity index is 1350. The van der Waals surface area contributed by atoms with Crippen LogP contribution < -0.4 is 15.0 Å². The molecule has 6 nitrogen and oxygen atoms in total. The molecule has 186 valence electrons. The van der Waals surface area contributed by atoms with Crippen LogP contribution in [-0.2, 0) is 17.0 Å². The summed E-state index contributed by atoms with van der Waals surface area (Å²) in [6.07, 6.45) is -0.165. The average Bonchev–Trinajstić information content (AvgIpc) is 3.14. The molecular weight excluding hydrogens is 502 g/mol. The van der Waals surface area contributed by atoms with Crippen molar-refractivity contribution in [3.63, 3.8) is 0 Å². The van der Waals surface area contributed by atoms with Gasteiger partial charge in [-0.1, -0.05) is 43.0 Å². The lowest BCUT2D eigenvalue weighted by Crippen LogP contribution is -2.31. The van der Waals surface area contributed by atoms with Gasteiger partial charge in [0.25, 0.3) is 12.3 Å². The number of methoxy groups -OCH3 is 1. The molecule has 3 aromatic rings. The Morgan fingerprint density at radius 1 is 1.17 bits per heavy atom. The van der Waals surface area contributed by atoms with Crippen LogP contribution in [0.1, 0.15) is 41.4 Å². The maximum absolute atomic E-state index is 13.2. The van der Waals surface area contributed by atoms with Crippen molar-refractivity contribution in [2.75, 3.05) is 12.0 Å². The summed E-state index contributed by atoms with van der Waals surface area (Å²) in [6, 6.07) is 14.4. The normalized spacial score (nSPS) is 14.6. The van der Waals surface area contributed by atoms with Gasteiger partial charge in [-0.3, -0.25) is 9.69 Å². The number of thiocarbonyl (C=S) groups is 1. The van der Waals surface area contributed by atoms with Crippen LogP contribution in [0.15, 0.2) is 59.4 Å². The molecule has 0 bridgehead atoms. The molecule has 4 rings (SSSR count). The maximum Gasteiger partial charge on any atom is 0.281 e. The summed E-state index contributed by atoms with van der Waals surface area (Å²) < 4.78 is 31.7. The first-order valence-corrected chi connectivity index (χ1v) is 12.6. The fourth-order valence-corrected chi connectivity index (χ4v) is 5.01. The molecular formula is C26H24F2N4O2S2. The number of alkyl halides is 2. The first-order chi connectivity index (χ1) is 17.3. The van der Waals surface area contributed by atoms with Crippen LogP contribution in [0, 0.1) is 6.92 Å². The first-order valence-electron chi connectivity index (χ1n) is 11.2. The molecule has 1 saturated heterocycles. The van der Waals surface area contributed by atoms with Gasteiger partial charge in [-0.2, -0.15) is 0 Å². The molecule has 1 N–H and O–H groups in total. The van der Waals surface area contributed by atoms with Gasteiger partial charge in [0.2, 0.25) is 0 Å². The van der Waals surface area contributed by atoms with E-state index in [-0.39, 0.29) is 16.8 Å². The van der Waals surface area contributed by atoms with Crippen LogP contribution in [0.25, 0.3) is 6.08 Å². The van der Waals surface area contributed by atoms with Gasteiger partial charge in [-0.15, -0.1) is 0 Å². The Labute approximate surface area is 217 Å². The monoisotopic (exact) mass is 526 g/mol. The van der Waals surface area contributed by atoms with E-state index < -0.39 is 6.43 Å². The Kier molecular flexibility index (Phi) is 7.95. The van der Waals surface area contributed by atoms with Gasteiger partial charge in [0.15, 0.2) is 10.3 Å². The van der Waals surface area contributed by atoms with Crippen molar-refractivity contribution >= 4 is 46.8 Å². The van der Waals surface area contributed by atoms with Crippen molar-refractivity contribution in [3.8, 4) is 5.75 Å². The van der Waals surface area contributed by atoms with Crippen LogP contribution in [-0.4, -0.2) is 28.1 Å². The highest BCUT2D eigenvalue weighted by Gasteiger charge is 2.33. The third-order valence-electron chi connectivity index (χ3n) is 5.54. The summed E-state index contributed by atoms with van der Waals surface area (Å²) in [5.74, 6) is 0.786. The molecule has 0 aliphatic carbocycles. The average molecular weight is 527 g/mol. The van der Waals surface area contributed by atoms with E-state index in [1.807, 2.05) is 43.3 Å². The van der Waals surface area contributed by atoms with E-state index in [1.165, 1.54) is 22.7 Å². The summed E-state index contributed by atoms with van der Waals surface area (Å²) >= 11 is 6.70. The fourth-order valence-electron chi connectivity index (χ4n) is 3.83. The molecule has 1 aliphatic heterocycles. The van der Waals surface area contributed by atoms with Gasteiger partial charge in [-0.05, 0) is 67.0 Å². The highest BCUT2D eigenvalue weighted by Crippen LogP contribution is 2.30. The molecule has 0 saturated carbocycles. The predicted octanol–water partition coefficient (Wildman–Crippen LogP) is 5.85. The number of amides is 1. The minimum atomic E-state index is -2.66. The third kappa shape index (κ3) is 5.55. The van der Waals surface area contributed by atoms with Gasteiger partial charge >= 0.3 is 0 Å². The number of ether oxygens (including phenoxy) is 1. The number of carbonyl (C=O) groups excluding carboxylic acids is 1. The Hall–Kier alpha value is -3.37. The van der Waals surface area contributed by atoms with E-state index in [9.17, 15) is 13.6 Å². The molecule has 10 heteroatoms. The SMILES string of the molecule is CCc1ccccc1N1C(=O)/C(=C\c2ccc(OC)c(CSc3nc(C)cc(C(F)F)n3)c2)NC1=S. The standard InChI is InChI=1S/C26H24F2N4O2S2/c1-4-17-7-5-6-8-21(17)32-24(33)20(31-26(32)35)13-16-9-10-22(34-3)18(12-16)14-36-25-29-15(2)11-19(30-25)23(27)28/h5-13,23H,4,14H2,1-3H3,(H,31,35)/b20-13+. The third-order valence-corrected chi connectivity index (χ3v) is 6.72. The largest absolute Gasteiger partial charge is 0.496 e. The molecule has 1 fully saturated rings. The number of aryl methyl sites for hydroxylation is 2. The number of nitrogens with zero attached hydrogens (tertiary/aromatic N) is 3. The van der Waals surface area contributed by atoms with E-state index in [4.69, 9.17) is 17.0 Å². The molecule has 1 amide bonds.